The molecule has 0 aromatic carbocycles. The molecular formula is C16H31N3. The molecule has 0 radical (unpaired) electrons. The minimum Gasteiger partial charge on any atom is -0.301 e. The molecule has 0 bridgehead atoms. The van der Waals surface area contributed by atoms with Crippen LogP contribution in [0.1, 0.15) is 65.7 Å². The first-order valence-electron chi connectivity index (χ1n) is 8.07. The third kappa shape index (κ3) is 5.12. The highest BCUT2D eigenvalue weighted by Gasteiger charge is 2.27. The van der Waals surface area contributed by atoms with Gasteiger partial charge in [-0.15, -0.1) is 0 Å². The van der Waals surface area contributed by atoms with E-state index in [1.807, 2.05) is 0 Å². The molecule has 19 heavy (non-hydrogen) atoms. The molecule has 2 atom stereocenters. The van der Waals surface area contributed by atoms with Crippen LogP contribution >= 0.6 is 0 Å². The second-order valence-electron chi connectivity index (χ2n) is 5.96. The van der Waals surface area contributed by atoms with Crippen molar-refractivity contribution in [3.63, 3.8) is 0 Å². The molecule has 0 amide bonds. The van der Waals surface area contributed by atoms with Crippen LogP contribution in [0.2, 0.25) is 0 Å². The van der Waals surface area contributed by atoms with Gasteiger partial charge in [-0.05, 0) is 65.1 Å². The van der Waals surface area contributed by atoms with E-state index in [2.05, 4.69) is 37.1 Å². The predicted molar refractivity (Wildman–Crippen MR) is 81.0 cm³/mol. The van der Waals surface area contributed by atoms with Crippen LogP contribution in [0, 0.1) is 11.3 Å². The highest BCUT2D eigenvalue weighted by atomic mass is 15.2. The lowest BCUT2D eigenvalue weighted by Gasteiger charge is -2.34. The molecule has 0 aromatic rings. The van der Waals surface area contributed by atoms with Crippen molar-refractivity contribution in [1.82, 2.24) is 10.2 Å². The summed E-state index contributed by atoms with van der Waals surface area (Å²) in [6, 6.07) is 3.25. The predicted octanol–water partition coefficient (Wildman–Crippen LogP) is 3.31. The standard InChI is InChI=1S/C16H31N3/c1-4-11-18-16(5-2,14-17)10-8-13-19-12-7-6-9-15(19)3/h15,18H,4-13H2,1-3H3. The Balaban J connectivity index is 2.37. The largest absolute Gasteiger partial charge is 0.301 e. The Morgan fingerprint density at radius 2 is 2.16 bits per heavy atom. The van der Waals surface area contributed by atoms with Crippen LogP contribution in [0.15, 0.2) is 0 Å². The summed E-state index contributed by atoms with van der Waals surface area (Å²) in [6.45, 7) is 9.95. The normalized spacial score (nSPS) is 23.8. The van der Waals surface area contributed by atoms with E-state index < -0.39 is 0 Å². The Labute approximate surface area is 119 Å². The van der Waals surface area contributed by atoms with Crippen LogP contribution in [-0.2, 0) is 0 Å². The third-order valence-corrected chi connectivity index (χ3v) is 4.52. The van der Waals surface area contributed by atoms with Gasteiger partial charge in [0.05, 0.1) is 6.07 Å². The Kier molecular flexibility index (Phi) is 7.41. The molecule has 0 aliphatic carbocycles. The molecule has 1 rings (SSSR count). The molecule has 0 aromatic heterocycles. The van der Waals surface area contributed by atoms with Gasteiger partial charge in [0.15, 0.2) is 0 Å². The van der Waals surface area contributed by atoms with Crippen LogP contribution in [-0.4, -0.2) is 36.1 Å². The highest BCUT2D eigenvalue weighted by Crippen LogP contribution is 2.20. The fraction of sp³-hybridized carbons (Fsp3) is 0.938. The smallest absolute Gasteiger partial charge is 0.106 e. The van der Waals surface area contributed by atoms with Gasteiger partial charge in [0.2, 0.25) is 0 Å². The van der Waals surface area contributed by atoms with Crippen molar-refractivity contribution in [2.45, 2.75) is 77.3 Å². The average molecular weight is 265 g/mol. The number of rotatable bonds is 8. The Hall–Kier alpha value is -0.590. The molecule has 1 aliphatic heterocycles. The van der Waals surface area contributed by atoms with E-state index in [9.17, 15) is 5.26 Å². The number of likely N-dealkylation sites (tertiary alicyclic amines) is 1. The summed E-state index contributed by atoms with van der Waals surface area (Å²) in [5, 5.41) is 12.9. The number of nitrogens with zero attached hydrogens (tertiary/aromatic N) is 2. The third-order valence-electron chi connectivity index (χ3n) is 4.52. The van der Waals surface area contributed by atoms with Crippen LogP contribution in [0.3, 0.4) is 0 Å². The van der Waals surface area contributed by atoms with E-state index in [4.69, 9.17) is 0 Å². The summed E-state index contributed by atoms with van der Waals surface area (Å²) in [4.78, 5) is 2.60. The first kappa shape index (κ1) is 16.5. The van der Waals surface area contributed by atoms with E-state index in [0.717, 1.165) is 44.8 Å². The molecule has 2 unspecified atom stereocenters. The van der Waals surface area contributed by atoms with Crippen molar-refractivity contribution < 1.29 is 0 Å². The Morgan fingerprint density at radius 1 is 1.37 bits per heavy atom. The van der Waals surface area contributed by atoms with Gasteiger partial charge < -0.3 is 4.90 Å². The summed E-state index contributed by atoms with van der Waals surface area (Å²) in [6.07, 6.45) is 8.16. The molecule has 110 valence electrons. The molecule has 1 fully saturated rings. The minimum atomic E-state index is -0.297. The molecule has 3 heteroatoms. The lowest BCUT2D eigenvalue weighted by molar-refractivity contribution is 0.153. The summed E-state index contributed by atoms with van der Waals surface area (Å²) in [7, 11) is 0. The van der Waals surface area contributed by atoms with Crippen LogP contribution < -0.4 is 5.32 Å². The van der Waals surface area contributed by atoms with Crippen LogP contribution in [0.4, 0.5) is 0 Å². The van der Waals surface area contributed by atoms with Gasteiger partial charge in [-0.2, -0.15) is 5.26 Å². The molecule has 1 heterocycles. The van der Waals surface area contributed by atoms with Gasteiger partial charge >= 0.3 is 0 Å². The number of nitriles is 1. The lowest BCUT2D eigenvalue weighted by Crippen LogP contribution is -2.45. The first-order valence-corrected chi connectivity index (χ1v) is 8.07. The maximum Gasteiger partial charge on any atom is 0.106 e. The zero-order chi connectivity index (χ0) is 14.1. The molecule has 0 spiro atoms. The van der Waals surface area contributed by atoms with Gasteiger partial charge in [0.25, 0.3) is 0 Å². The molecule has 1 aliphatic rings. The highest BCUT2D eigenvalue weighted by molar-refractivity contribution is 5.06. The zero-order valence-corrected chi connectivity index (χ0v) is 13.0. The number of hydrogen-bond donors (Lipinski definition) is 1. The Bertz CT molecular complexity index is 284. The van der Waals surface area contributed by atoms with Crippen molar-refractivity contribution >= 4 is 0 Å². The molecule has 3 nitrogen and oxygen atoms in total. The Morgan fingerprint density at radius 3 is 2.74 bits per heavy atom. The topological polar surface area (TPSA) is 39.1 Å². The summed E-state index contributed by atoms with van der Waals surface area (Å²) < 4.78 is 0. The van der Waals surface area contributed by atoms with E-state index >= 15 is 0 Å². The number of piperidine rings is 1. The second-order valence-corrected chi connectivity index (χ2v) is 5.96. The SMILES string of the molecule is CCCNC(C#N)(CC)CCCN1CCCCC1C. The maximum atomic E-state index is 9.47. The minimum absolute atomic E-state index is 0.297. The maximum absolute atomic E-state index is 9.47. The molecule has 1 N–H and O–H groups in total. The first-order chi connectivity index (χ1) is 9.17. The van der Waals surface area contributed by atoms with Gasteiger partial charge in [-0.1, -0.05) is 20.3 Å². The quantitative estimate of drug-likeness (QED) is 0.732. The number of nitrogens with one attached hydrogen (secondary N) is 1. The monoisotopic (exact) mass is 265 g/mol. The van der Waals surface area contributed by atoms with Gasteiger partial charge in [0, 0.05) is 6.04 Å². The van der Waals surface area contributed by atoms with Crippen LogP contribution in [0.25, 0.3) is 0 Å². The van der Waals surface area contributed by atoms with E-state index in [1.165, 1.54) is 25.8 Å². The zero-order valence-electron chi connectivity index (χ0n) is 13.0. The second kappa shape index (κ2) is 8.55. The number of hydrogen-bond acceptors (Lipinski definition) is 3. The van der Waals surface area contributed by atoms with Crippen molar-refractivity contribution in [3.05, 3.63) is 0 Å². The fourth-order valence-electron chi connectivity index (χ4n) is 3.00. The average Bonchev–Trinajstić information content (AvgIpc) is 2.45. The van der Waals surface area contributed by atoms with E-state index in [0.29, 0.717) is 0 Å². The molecule has 0 saturated carbocycles. The van der Waals surface area contributed by atoms with Gasteiger partial charge in [0.1, 0.15) is 5.54 Å². The van der Waals surface area contributed by atoms with Crippen molar-refractivity contribution in [1.29, 1.82) is 5.26 Å². The summed E-state index contributed by atoms with van der Waals surface area (Å²) in [5.41, 5.74) is -0.297. The molecule has 1 saturated heterocycles. The van der Waals surface area contributed by atoms with Gasteiger partial charge in [-0.25, -0.2) is 0 Å². The van der Waals surface area contributed by atoms with Crippen molar-refractivity contribution in [3.8, 4) is 6.07 Å². The fourth-order valence-corrected chi connectivity index (χ4v) is 3.00. The van der Waals surface area contributed by atoms with Crippen LogP contribution in [0.5, 0.6) is 0 Å². The van der Waals surface area contributed by atoms with E-state index in [-0.39, 0.29) is 5.54 Å². The van der Waals surface area contributed by atoms with Crippen molar-refractivity contribution in [2.75, 3.05) is 19.6 Å². The van der Waals surface area contributed by atoms with Gasteiger partial charge in [-0.3, -0.25) is 5.32 Å². The molecular weight excluding hydrogens is 234 g/mol. The van der Waals surface area contributed by atoms with Crippen molar-refractivity contribution in [2.24, 2.45) is 0 Å². The van der Waals surface area contributed by atoms with E-state index in [1.54, 1.807) is 0 Å². The summed E-state index contributed by atoms with van der Waals surface area (Å²) in [5.74, 6) is 0. The summed E-state index contributed by atoms with van der Waals surface area (Å²) >= 11 is 0. The lowest BCUT2D eigenvalue weighted by atomic mass is 9.91.